The molecule has 0 amide bonds. The standard InChI is InChI=1S/C12H12N4OS/c1-17-8-3-2-4-9(5-8)18-11-7-15-10(6-16-11)12(13)14/h2-7H,1H3,(H3,13,14). The van der Waals surface area contributed by atoms with Gasteiger partial charge in [-0.2, -0.15) is 0 Å². The molecule has 1 heterocycles. The Morgan fingerprint density at radius 2 is 2.17 bits per heavy atom. The van der Waals surface area contributed by atoms with E-state index in [9.17, 15) is 0 Å². The maximum absolute atomic E-state index is 7.23. The molecule has 0 aliphatic heterocycles. The maximum Gasteiger partial charge on any atom is 0.143 e. The topological polar surface area (TPSA) is 84.9 Å². The highest BCUT2D eigenvalue weighted by Gasteiger charge is 2.03. The minimum Gasteiger partial charge on any atom is -0.497 e. The quantitative estimate of drug-likeness (QED) is 0.648. The second kappa shape index (κ2) is 5.50. The van der Waals surface area contributed by atoms with Gasteiger partial charge in [0.05, 0.1) is 19.5 Å². The van der Waals surface area contributed by atoms with Crippen molar-refractivity contribution in [3.8, 4) is 5.75 Å². The van der Waals surface area contributed by atoms with Crippen LogP contribution in [0.2, 0.25) is 0 Å². The van der Waals surface area contributed by atoms with E-state index >= 15 is 0 Å². The van der Waals surface area contributed by atoms with Crippen molar-refractivity contribution in [2.75, 3.05) is 7.11 Å². The first-order chi connectivity index (χ1) is 8.69. The van der Waals surface area contributed by atoms with Gasteiger partial charge in [0.15, 0.2) is 0 Å². The summed E-state index contributed by atoms with van der Waals surface area (Å²) in [4.78, 5) is 9.26. The van der Waals surface area contributed by atoms with E-state index in [0.717, 1.165) is 15.7 Å². The summed E-state index contributed by atoms with van der Waals surface area (Å²) in [6, 6.07) is 7.69. The molecular formula is C12H12N4OS. The van der Waals surface area contributed by atoms with E-state index in [1.54, 1.807) is 13.3 Å². The molecule has 5 nitrogen and oxygen atoms in total. The van der Waals surface area contributed by atoms with Crippen LogP contribution in [0.1, 0.15) is 5.69 Å². The van der Waals surface area contributed by atoms with E-state index in [-0.39, 0.29) is 5.84 Å². The van der Waals surface area contributed by atoms with Crippen molar-refractivity contribution in [3.05, 3.63) is 42.4 Å². The number of nitrogen functional groups attached to an aromatic ring is 1. The first kappa shape index (κ1) is 12.4. The molecule has 0 aliphatic carbocycles. The maximum atomic E-state index is 7.23. The average molecular weight is 260 g/mol. The molecule has 1 aromatic heterocycles. The zero-order valence-electron chi connectivity index (χ0n) is 9.75. The summed E-state index contributed by atoms with van der Waals surface area (Å²) in [6.45, 7) is 0. The predicted octanol–water partition coefficient (Wildman–Crippen LogP) is 1.92. The van der Waals surface area contributed by atoms with E-state index in [0.29, 0.717) is 5.69 Å². The van der Waals surface area contributed by atoms with Crippen LogP contribution in [-0.4, -0.2) is 22.9 Å². The highest BCUT2D eigenvalue weighted by molar-refractivity contribution is 7.99. The number of amidine groups is 1. The molecule has 92 valence electrons. The van der Waals surface area contributed by atoms with Crippen molar-refractivity contribution >= 4 is 17.6 Å². The SMILES string of the molecule is COc1cccc(Sc2cnc(C(=N)N)cn2)c1. The lowest BCUT2D eigenvalue weighted by Crippen LogP contribution is -2.13. The highest BCUT2D eigenvalue weighted by atomic mass is 32.2. The molecule has 0 saturated carbocycles. The first-order valence-corrected chi connectivity index (χ1v) is 5.99. The van der Waals surface area contributed by atoms with Crippen molar-refractivity contribution in [1.82, 2.24) is 9.97 Å². The Hall–Kier alpha value is -2.08. The van der Waals surface area contributed by atoms with Gasteiger partial charge >= 0.3 is 0 Å². The van der Waals surface area contributed by atoms with Crippen LogP contribution in [-0.2, 0) is 0 Å². The fraction of sp³-hybridized carbons (Fsp3) is 0.0833. The molecule has 1 aromatic carbocycles. The molecule has 18 heavy (non-hydrogen) atoms. The summed E-state index contributed by atoms with van der Waals surface area (Å²) >= 11 is 1.47. The van der Waals surface area contributed by atoms with Gasteiger partial charge in [0, 0.05) is 4.90 Å². The Morgan fingerprint density at radius 1 is 1.33 bits per heavy atom. The Labute approximate surface area is 109 Å². The average Bonchev–Trinajstić information content (AvgIpc) is 2.39. The van der Waals surface area contributed by atoms with E-state index < -0.39 is 0 Å². The second-order valence-corrected chi connectivity index (χ2v) is 4.53. The van der Waals surface area contributed by atoms with E-state index in [1.165, 1.54) is 18.0 Å². The molecule has 0 atom stereocenters. The third-order valence-corrected chi connectivity index (χ3v) is 3.08. The fourth-order valence-electron chi connectivity index (χ4n) is 1.29. The minimum absolute atomic E-state index is 0.0829. The van der Waals surface area contributed by atoms with E-state index in [1.807, 2.05) is 24.3 Å². The molecule has 2 rings (SSSR count). The van der Waals surface area contributed by atoms with Gasteiger partial charge in [0.2, 0.25) is 0 Å². The van der Waals surface area contributed by atoms with Crippen LogP contribution < -0.4 is 10.5 Å². The minimum atomic E-state index is -0.0829. The molecule has 0 aliphatic rings. The Bertz CT molecular complexity index is 556. The summed E-state index contributed by atoms with van der Waals surface area (Å²) in [5.74, 6) is 0.716. The Kier molecular flexibility index (Phi) is 3.78. The number of nitrogens with two attached hydrogens (primary N) is 1. The van der Waals surface area contributed by atoms with Gasteiger partial charge in [-0.25, -0.2) is 9.97 Å². The van der Waals surface area contributed by atoms with Crippen molar-refractivity contribution in [2.24, 2.45) is 5.73 Å². The Morgan fingerprint density at radius 3 is 2.78 bits per heavy atom. The van der Waals surface area contributed by atoms with Gasteiger partial charge in [0.1, 0.15) is 22.3 Å². The van der Waals surface area contributed by atoms with Crippen LogP contribution in [0.25, 0.3) is 0 Å². The zero-order valence-corrected chi connectivity index (χ0v) is 10.6. The fourth-order valence-corrected chi connectivity index (χ4v) is 2.07. The van der Waals surface area contributed by atoms with Gasteiger partial charge in [-0.15, -0.1) is 0 Å². The summed E-state index contributed by atoms with van der Waals surface area (Å²) in [5.41, 5.74) is 5.69. The number of methoxy groups -OCH3 is 1. The number of ether oxygens (including phenoxy) is 1. The highest BCUT2D eigenvalue weighted by Crippen LogP contribution is 2.27. The molecule has 0 unspecified atom stereocenters. The molecule has 0 bridgehead atoms. The smallest absolute Gasteiger partial charge is 0.143 e. The number of benzene rings is 1. The predicted molar refractivity (Wildman–Crippen MR) is 70.2 cm³/mol. The van der Waals surface area contributed by atoms with Gasteiger partial charge in [-0.1, -0.05) is 17.8 Å². The summed E-state index contributed by atoms with van der Waals surface area (Å²) in [7, 11) is 1.63. The molecular weight excluding hydrogens is 248 g/mol. The van der Waals surface area contributed by atoms with Crippen molar-refractivity contribution in [1.29, 1.82) is 5.41 Å². The lowest BCUT2D eigenvalue weighted by Gasteiger charge is -2.04. The molecule has 3 N–H and O–H groups in total. The summed E-state index contributed by atoms with van der Waals surface area (Å²) in [6.07, 6.45) is 3.09. The monoisotopic (exact) mass is 260 g/mol. The van der Waals surface area contributed by atoms with Gasteiger partial charge in [0.25, 0.3) is 0 Å². The molecule has 2 aromatic rings. The van der Waals surface area contributed by atoms with Crippen LogP contribution in [0.15, 0.2) is 46.6 Å². The van der Waals surface area contributed by atoms with Crippen molar-refractivity contribution < 1.29 is 4.74 Å². The molecule has 6 heteroatoms. The van der Waals surface area contributed by atoms with Crippen LogP contribution in [0, 0.1) is 5.41 Å². The first-order valence-electron chi connectivity index (χ1n) is 5.17. The molecule has 0 radical (unpaired) electrons. The van der Waals surface area contributed by atoms with Gasteiger partial charge in [-0.05, 0) is 18.2 Å². The molecule has 0 spiro atoms. The number of nitrogens with one attached hydrogen (secondary N) is 1. The molecule has 0 saturated heterocycles. The second-order valence-electron chi connectivity index (χ2n) is 3.43. The summed E-state index contributed by atoms with van der Waals surface area (Å²) in [5, 5.41) is 7.98. The third kappa shape index (κ3) is 2.98. The summed E-state index contributed by atoms with van der Waals surface area (Å²) < 4.78 is 5.15. The lowest BCUT2D eigenvalue weighted by atomic mass is 10.3. The number of hydrogen-bond donors (Lipinski definition) is 2. The van der Waals surface area contributed by atoms with Crippen LogP contribution in [0.5, 0.6) is 5.75 Å². The van der Waals surface area contributed by atoms with Gasteiger partial charge in [-0.3, -0.25) is 5.41 Å². The number of nitrogens with zero attached hydrogens (tertiary/aromatic N) is 2. The van der Waals surface area contributed by atoms with E-state index in [4.69, 9.17) is 15.9 Å². The Balaban J connectivity index is 2.15. The normalized spacial score (nSPS) is 10.1. The van der Waals surface area contributed by atoms with Crippen LogP contribution in [0.4, 0.5) is 0 Å². The van der Waals surface area contributed by atoms with Crippen LogP contribution in [0.3, 0.4) is 0 Å². The van der Waals surface area contributed by atoms with Gasteiger partial charge < -0.3 is 10.5 Å². The lowest BCUT2D eigenvalue weighted by molar-refractivity contribution is 0.413. The van der Waals surface area contributed by atoms with E-state index in [2.05, 4.69) is 9.97 Å². The number of hydrogen-bond acceptors (Lipinski definition) is 5. The number of rotatable bonds is 4. The third-order valence-electron chi connectivity index (χ3n) is 2.17. The van der Waals surface area contributed by atoms with Crippen molar-refractivity contribution in [2.45, 2.75) is 9.92 Å². The van der Waals surface area contributed by atoms with Crippen LogP contribution >= 0.6 is 11.8 Å². The largest absolute Gasteiger partial charge is 0.497 e. The van der Waals surface area contributed by atoms with Crippen molar-refractivity contribution in [3.63, 3.8) is 0 Å². The zero-order chi connectivity index (χ0) is 13.0. The number of aromatic nitrogens is 2. The molecule has 0 fully saturated rings.